The van der Waals surface area contributed by atoms with Crippen LogP contribution in [0.25, 0.3) is 0 Å². The minimum atomic E-state index is -0.781. The van der Waals surface area contributed by atoms with Crippen molar-refractivity contribution < 1.29 is 10.2 Å². The van der Waals surface area contributed by atoms with Crippen LogP contribution in [-0.2, 0) is 6.54 Å². The van der Waals surface area contributed by atoms with Crippen LogP contribution < -0.4 is 5.73 Å². The first-order valence-electron chi connectivity index (χ1n) is 3.85. The Morgan fingerprint density at radius 1 is 1.25 bits per heavy atom. The first-order chi connectivity index (χ1) is 5.77. The molecule has 0 amide bonds. The summed E-state index contributed by atoms with van der Waals surface area (Å²) in [5.41, 5.74) is 7.13. The van der Waals surface area contributed by atoms with Crippen molar-refractivity contribution in [3.05, 3.63) is 35.4 Å². The van der Waals surface area contributed by atoms with E-state index in [1.165, 1.54) is 0 Å². The van der Waals surface area contributed by atoms with Crippen molar-refractivity contribution in [1.82, 2.24) is 0 Å². The maximum absolute atomic E-state index is 9.21. The fourth-order valence-electron chi connectivity index (χ4n) is 0.981. The van der Waals surface area contributed by atoms with E-state index < -0.39 is 6.10 Å². The number of benzene rings is 1. The van der Waals surface area contributed by atoms with Crippen LogP contribution in [0.2, 0.25) is 0 Å². The molecule has 12 heavy (non-hydrogen) atoms. The van der Waals surface area contributed by atoms with Crippen LogP contribution in [0.4, 0.5) is 0 Å². The SMILES string of the molecule is NCc1ccc([C@H](O)CO)cc1. The first kappa shape index (κ1) is 9.19. The van der Waals surface area contributed by atoms with Gasteiger partial charge in [0.25, 0.3) is 0 Å². The summed E-state index contributed by atoms with van der Waals surface area (Å²) >= 11 is 0. The van der Waals surface area contributed by atoms with Gasteiger partial charge in [0, 0.05) is 6.54 Å². The zero-order valence-corrected chi connectivity index (χ0v) is 6.77. The van der Waals surface area contributed by atoms with Crippen molar-refractivity contribution in [2.24, 2.45) is 5.73 Å². The van der Waals surface area contributed by atoms with Gasteiger partial charge in [0.2, 0.25) is 0 Å². The minimum Gasteiger partial charge on any atom is -0.393 e. The van der Waals surface area contributed by atoms with Gasteiger partial charge in [-0.1, -0.05) is 24.3 Å². The van der Waals surface area contributed by atoms with Crippen LogP contribution in [0.15, 0.2) is 24.3 Å². The molecule has 0 heterocycles. The summed E-state index contributed by atoms with van der Waals surface area (Å²) in [6.45, 7) is 0.247. The van der Waals surface area contributed by atoms with E-state index in [1.54, 1.807) is 12.1 Å². The summed E-state index contributed by atoms with van der Waals surface area (Å²) in [4.78, 5) is 0. The molecule has 0 aromatic heterocycles. The Kier molecular flexibility index (Phi) is 3.22. The molecule has 1 rings (SSSR count). The van der Waals surface area contributed by atoms with Gasteiger partial charge in [-0.3, -0.25) is 0 Å². The predicted molar refractivity (Wildman–Crippen MR) is 46.4 cm³/mol. The molecule has 1 aromatic carbocycles. The first-order valence-corrected chi connectivity index (χ1v) is 3.85. The summed E-state index contributed by atoms with van der Waals surface area (Å²) in [6.07, 6.45) is -0.781. The van der Waals surface area contributed by atoms with Gasteiger partial charge in [-0.2, -0.15) is 0 Å². The molecule has 3 heteroatoms. The molecule has 0 radical (unpaired) electrons. The molecule has 1 aromatic rings. The van der Waals surface area contributed by atoms with Crippen molar-refractivity contribution in [3.8, 4) is 0 Å². The van der Waals surface area contributed by atoms with Gasteiger partial charge in [0.15, 0.2) is 0 Å². The predicted octanol–water partition coefficient (Wildman–Crippen LogP) is 0.171. The third-order valence-corrected chi connectivity index (χ3v) is 1.77. The van der Waals surface area contributed by atoms with Gasteiger partial charge >= 0.3 is 0 Å². The molecular weight excluding hydrogens is 154 g/mol. The Bertz CT molecular complexity index is 233. The van der Waals surface area contributed by atoms with Crippen molar-refractivity contribution in [1.29, 1.82) is 0 Å². The standard InChI is InChI=1S/C9H13NO2/c10-5-7-1-3-8(4-2-7)9(12)6-11/h1-4,9,11-12H,5-6,10H2/t9-/m1/s1. The Morgan fingerprint density at radius 2 is 1.83 bits per heavy atom. The van der Waals surface area contributed by atoms with Crippen LogP contribution in [0.3, 0.4) is 0 Å². The second kappa shape index (κ2) is 4.21. The largest absolute Gasteiger partial charge is 0.393 e. The van der Waals surface area contributed by atoms with E-state index in [2.05, 4.69) is 0 Å². The van der Waals surface area contributed by atoms with Gasteiger partial charge in [0.05, 0.1) is 6.61 Å². The molecule has 0 bridgehead atoms. The molecule has 0 aliphatic heterocycles. The molecule has 0 aliphatic carbocycles. The monoisotopic (exact) mass is 167 g/mol. The van der Waals surface area contributed by atoms with Crippen molar-refractivity contribution in [3.63, 3.8) is 0 Å². The van der Waals surface area contributed by atoms with E-state index in [0.717, 1.165) is 11.1 Å². The van der Waals surface area contributed by atoms with Crippen LogP contribution in [-0.4, -0.2) is 16.8 Å². The highest BCUT2D eigenvalue weighted by atomic mass is 16.3. The summed E-state index contributed by atoms with van der Waals surface area (Å²) in [7, 11) is 0. The lowest BCUT2D eigenvalue weighted by molar-refractivity contribution is 0.0956. The zero-order chi connectivity index (χ0) is 8.97. The molecule has 0 aliphatic rings. The average molecular weight is 167 g/mol. The molecule has 4 N–H and O–H groups in total. The fraction of sp³-hybridized carbons (Fsp3) is 0.333. The highest BCUT2D eigenvalue weighted by molar-refractivity contribution is 5.23. The van der Waals surface area contributed by atoms with Crippen LogP contribution in [0.5, 0.6) is 0 Å². The summed E-state index contributed by atoms with van der Waals surface area (Å²) in [6, 6.07) is 7.22. The summed E-state index contributed by atoms with van der Waals surface area (Å²) in [5.74, 6) is 0. The summed E-state index contributed by atoms with van der Waals surface area (Å²) in [5, 5.41) is 17.9. The Morgan fingerprint density at radius 3 is 2.25 bits per heavy atom. The zero-order valence-electron chi connectivity index (χ0n) is 6.77. The lowest BCUT2D eigenvalue weighted by Crippen LogP contribution is -2.03. The van der Waals surface area contributed by atoms with E-state index in [9.17, 15) is 5.11 Å². The molecule has 3 nitrogen and oxygen atoms in total. The highest BCUT2D eigenvalue weighted by Crippen LogP contribution is 2.12. The second-order valence-electron chi connectivity index (χ2n) is 2.64. The van der Waals surface area contributed by atoms with E-state index in [4.69, 9.17) is 10.8 Å². The molecule has 66 valence electrons. The lowest BCUT2D eigenvalue weighted by atomic mass is 10.1. The van der Waals surface area contributed by atoms with E-state index in [1.807, 2.05) is 12.1 Å². The lowest BCUT2D eigenvalue weighted by Gasteiger charge is -2.07. The van der Waals surface area contributed by atoms with Gasteiger partial charge in [-0.15, -0.1) is 0 Å². The highest BCUT2D eigenvalue weighted by Gasteiger charge is 2.03. The van der Waals surface area contributed by atoms with Gasteiger partial charge in [-0.05, 0) is 11.1 Å². The Hall–Kier alpha value is -0.900. The van der Waals surface area contributed by atoms with Crippen LogP contribution >= 0.6 is 0 Å². The fourth-order valence-corrected chi connectivity index (χ4v) is 0.981. The second-order valence-corrected chi connectivity index (χ2v) is 2.64. The minimum absolute atomic E-state index is 0.248. The topological polar surface area (TPSA) is 66.5 Å². The van der Waals surface area contributed by atoms with E-state index in [0.29, 0.717) is 6.54 Å². The van der Waals surface area contributed by atoms with Crippen LogP contribution in [0.1, 0.15) is 17.2 Å². The number of aliphatic hydroxyl groups excluding tert-OH is 2. The third kappa shape index (κ3) is 2.04. The molecular formula is C9H13NO2. The summed E-state index contributed by atoms with van der Waals surface area (Å²) < 4.78 is 0. The molecule has 0 fully saturated rings. The molecule has 0 saturated heterocycles. The van der Waals surface area contributed by atoms with Gasteiger partial charge in [0.1, 0.15) is 6.10 Å². The average Bonchev–Trinajstić information content (AvgIpc) is 2.17. The third-order valence-electron chi connectivity index (χ3n) is 1.77. The van der Waals surface area contributed by atoms with E-state index in [-0.39, 0.29) is 6.61 Å². The number of hydrogen-bond donors (Lipinski definition) is 3. The van der Waals surface area contributed by atoms with E-state index >= 15 is 0 Å². The maximum Gasteiger partial charge on any atom is 0.102 e. The normalized spacial score (nSPS) is 12.9. The maximum atomic E-state index is 9.21. The van der Waals surface area contributed by atoms with Gasteiger partial charge < -0.3 is 15.9 Å². The van der Waals surface area contributed by atoms with Crippen molar-refractivity contribution >= 4 is 0 Å². The number of rotatable bonds is 3. The smallest absolute Gasteiger partial charge is 0.102 e. The molecule has 1 atom stereocenters. The Balaban J connectivity index is 2.77. The molecule has 0 spiro atoms. The van der Waals surface area contributed by atoms with Crippen molar-refractivity contribution in [2.45, 2.75) is 12.6 Å². The number of hydrogen-bond acceptors (Lipinski definition) is 3. The molecule has 0 unspecified atom stereocenters. The molecule has 0 saturated carbocycles. The quantitative estimate of drug-likeness (QED) is 0.601. The van der Waals surface area contributed by atoms with Gasteiger partial charge in [-0.25, -0.2) is 0 Å². The van der Waals surface area contributed by atoms with Crippen LogP contribution in [0, 0.1) is 0 Å². The number of aliphatic hydroxyl groups is 2. The Labute approximate surface area is 71.5 Å². The van der Waals surface area contributed by atoms with Crippen molar-refractivity contribution in [2.75, 3.05) is 6.61 Å². The number of nitrogens with two attached hydrogens (primary N) is 1.